The van der Waals surface area contributed by atoms with Crippen molar-refractivity contribution in [2.45, 2.75) is 13.0 Å². The van der Waals surface area contributed by atoms with E-state index in [0.717, 1.165) is 42.0 Å². The number of aromatic nitrogens is 2. The summed E-state index contributed by atoms with van der Waals surface area (Å²) >= 11 is 7.85. The molecule has 7 heteroatoms. The second kappa shape index (κ2) is 5.44. The van der Waals surface area contributed by atoms with Gasteiger partial charge in [-0.3, -0.25) is 9.36 Å². The van der Waals surface area contributed by atoms with Gasteiger partial charge in [-0.25, -0.2) is 4.98 Å². The minimum Gasteiger partial charge on any atom is -0.369 e. The molecule has 0 aliphatic carbocycles. The van der Waals surface area contributed by atoms with E-state index in [1.165, 1.54) is 0 Å². The van der Waals surface area contributed by atoms with Crippen LogP contribution in [0.15, 0.2) is 34.2 Å². The van der Waals surface area contributed by atoms with Crippen LogP contribution in [-0.4, -0.2) is 27.8 Å². The lowest BCUT2D eigenvalue weighted by molar-refractivity contribution is -0.114. The molecule has 112 valence electrons. The lowest BCUT2D eigenvalue weighted by atomic mass is 10.2. The molecule has 0 saturated carbocycles. The highest BCUT2D eigenvalue weighted by Crippen LogP contribution is 2.30. The fraction of sp³-hybridized carbons (Fsp3) is 0.267. The van der Waals surface area contributed by atoms with E-state index in [1.54, 1.807) is 11.8 Å². The van der Waals surface area contributed by atoms with Gasteiger partial charge >= 0.3 is 0 Å². The second-order valence-corrected chi connectivity index (χ2v) is 6.64. The van der Waals surface area contributed by atoms with Gasteiger partial charge in [0.05, 0.1) is 20.8 Å². The van der Waals surface area contributed by atoms with Gasteiger partial charge in [0.25, 0.3) is 5.91 Å². The number of hydrogen-bond acceptors (Lipinski definition) is 4. The summed E-state index contributed by atoms with van der Waals surface area (Å²) in [5.74, 6) is 1.62. The molecule has 2 aliphatic heterocycles. The molecule has 2 aromatic rings. The maximum absolute atomic E-state index is 12.3. The number of carbonyl (C=O) groups excluding carboxylic acids is 1. The zero-order valence-corrected chi connectivity index (χ0v) is 13.2. The van der Waals surface area contributed by atoms with Gasteiger partial charge in [-0.1, -0.05) is 23.7 Å². The lowest BCUT2D eigenvalue weighted by Gasteiger charge is -2.09. The van der Waals surface area contributed by atoms with E-state index >= 15 is 0 Å². The quantitative estimate of drug-likeness (QED) is 0.872. The van der Waals surface area contributed by atoms with Crippen LogP contribution in [0.5, 0.6) is 0 Å². The van der Waals surface area contributed by atoms with Crippen molar-refractivity contribution in [1.29, 1.82) is 0 Å². The molecule has 1 N–H and O–H groups in total. The van der Waals surface area contributed by atoms with Crippen LogP contribution in [0.1, 0.15) is 6.42 Å². The van der Waals surface area contributed by atoms with E-state index in [1.807, 2.05) is 28.8 Å². The van der Waals surface area contributed by atoms with E-state index in [2.05, 4.69) is 15.3 Å². The summed E-state index contributed by atoms with van der Waals surface area (Å²) in [7, 11) is 0. The van der Waals surface area contributed by atoms with Crippen molar-refractivity contribution >= 4 is 46.0 Å². The Hall–Kier alpha value is -1.79. The maximum Gasteiger partial charge on any atom is 0.286 e. The number of fused-ring (bicyclic) bond motifs is 3. The van der Waals surface area contributed by atoms with Crippen LogP contribution in [0.4, 0.5) is 5.82 Å². The molecule has 3 heterocycles. The van der Waals surface area contributed by atoms with Crippen LogP contribution >= 0.6 is 23.4 Å². The summed E-state index contributed by atoms with van der Waals surface area (Å²) in [5.41, 5.74) is 1.18. The van der Waals surface area contributed by atoms with E-state index in [-0.39, 0.29) is 5.91 Å². The van der Waals surface area contributed by atoms with E-state index < -0.39 is 0 Å². The molecule has 1 aromatic heterocycles. The summed E-state index contributed by atoms with van der Waals surface area (Å²) in [6, 6.07) is 5.58. The monoisotopic (exact) mass is 332 g/mol. The second-order valence-electron chi connectivity index (χ2n) is 5.10. The van der Waals surface area contributed by atoms with E-state index in [0.29, 0.717) is 15.5 Å². The molecule has 1 aromatic carbocycles. The predicted octanol–water partition coefficient (Wildman–Crippen LogP) is 2.56. The largest absolute Gasteiger partial charge is 0.369 e. The van der Waals surface area contributed by atoms with Gasteiger partial charge in [0, 0.05) is 18.8 Å². The highest BCUT2D eigenvalue weighted by atomic mass is 35.5. The Labute approximate surface area is 136 Å². The molecule has 22 heavy (non-hydrogen) atoms. The van der Waals surface area contributed by atoms with Crippen LogP contribution in [-0.2, 0) is 11.3 Å². The number of thioether (sulfide) groups is 1. The summed E-state index contributed by atoms with van der Waals surface area (Å²) in [5, 5.41) is 4.84. The first-order valence-corrected chi connectivity index (χ1v) is 8.45. The first-order chi connectivity index (χ1) is 10.7. The third kappa shape index (κ3) is 2.23. The highest BCUT2D eigenvalue weighted by molar-refractivity contribution is 8.04. The fourth-order valence-electron chi connectivity index (χ4n) is 2.72. The average molecular weight is 333 g/mol. The predicted molar refractivity (Wildman–Crippen MR) is 89.0 cm³/mol. The standard InChI is InChI=1S/C15H13ClN4OS/c16-9-3-1-4-10-12(9)13-17-6-7-20(13)15(18-10)19-14(21)11-5-2-8-22-11/h1,3-5,17H,2,6-8H2. The molecule has 1 amide bonds. The Kier molecular flexibility index (Phi) is 3.43. The van der Waals surface area contributed by atoms with Gasteiger partial charge in [0.2, 0.25) is 5.62 Å². The van der Waals surface area contributed by atoms with Crippen molar-refractivity contribution in [2.75, 3.05) is 17.6 Å². The number of allylic oxidation sites excluding steroid dienone is 1. The summed E-state index contributed by atoms with van der Waals surface area (Å²) < 4.78 is 1.92. The topological polar surface area (TPSA) is 59.3 Å². The van der Waals surface area contributed by atoms with Crippen LogP contribution < -0.4 is 10.9 Å². The normalized spacial score (nSPS) is 17.5. The first kappa shape index (κ1) is 13.8. The lowest BCUT2D eigenvalue weighted by Crippen LogP contribution is -2.24. The minimum absolute atomic E-state index is 0.210. The zero-order valence-electron chi connectivity index (χ0n) is 11.7. The van der Waals surface area contributed by atoms with Crippen molar-refractivity contribution in [3.8, 4) is 0 Å². The molecule has 2 aliphatic rings. The Bertz CT molecular complexity index is 887. The molecule has 0 bridgehead atoms. The van der Waals surface area contributed by atoms with Gasteiger partial charge in [-0.05, 0) is 18.6 Å². The molecule has 0 atom stereocenters. The Morgan fingerprint density at radius 1 is 1.45 bits per heavy atom. The third-order valence-corrected chi connectivity index (χ3v) is 5.11. The summed E-state index contributed by atoms with van der Waals surface area (Å²) in [4.78, 5) is 21.7. The first-order valence-electron chi connectivity index (χ1n) is 7.09. The Morgan fingerprint density at radius 2 is 2.36 bits per heavy atom. The Morgan fingerprint density at radius 3 is 3.18 bits per heavy atom. The van der Waals surface area contributed by atoms with Crippen molar-refractivity contribution in [1.82, 2.24) is 9.55 Å². The molecule has 0 spiro atoms. The van der Waals surface area contributed by atoms with Crippen LogP contribution in [0.3, 0.4) is 0 Å². The van der Waals surface area contributed by atoms with Crippen LogP contribution in [0, 0.1) is 0 Å². The van der Waals surface area contributed by atoms with Crippen LogP contribution in [0.2, 0.25) is 5.02 Å². The third-order valence-electron chi connectivity index (χ3n) is 3.71. The van der Waals surface area contributed by atoms with Crippen LogP contribution in [0.25, 0.3) is 10.9 Å². The van der Waals surface area contributed by atoms with Crippen molar-refractivity contribution < 1.29 is 4.79 Å². The molecular weight excluding hydrogens is 320 g/mol. The van der Waals surface area contributed by atoms with Gasteiger partial charge in [-0.15, -0.1) is 11.8 Å². The number of amides is 1. The molecular formula is C15H13ClN4OS. The number of benzene rings is 1. The van der Waals surface area contributed by atoms with Gasteiger partial charge < -0.3 is 5.32 Å². The van der Waals surface area contributed by atoms with Gasteiger partial charge in [0.1, 0.15) is 5.82 Å². The zero-order chi connectivity index (χ0) is 15.1. The maximum atomic E-state index is 12.3. The molecule has 0 unspecified atom stereocenters. The summed E-state index contributed by atoms with van der Waals surface area (Å²) in [6.45, 7) is 1.50. The van der Waals surface area contributed by atoms with Crippen molar-refractivity contribution in [2.24, 2.45) is 4.99 Å². The van der Waals surface area contributed by atoms with E-state index in [9.17, 15) is 4.79 Å². The fourth-order valence-corrected chi connectivity index (χ4v) is 3.84. The molecule has 5 nitrogen and oxygen atoms in total. The number of nitrogens with zero attached hydrogens (tertiary/aromatic N) is 3. The molecule has 0 saturated heterocycles. The Balaban J connectivity index is 1.94. The van der Waals surface area contributed by atoms with E-state index in [4.69, 9.17) is 11.6 Å². The minimum atomic E-state index is -0.210. The van der Waals surface area contributed by atoms with Crippen molar-refractivity contribution in [3.63, 3.8) is 0 Å². The molecule has 0 radical (unpaired) electrons. The SMILES string of the molecule is O=C(N=c1nc2cccc(Cl)c2c2n1CCN2)C1=CCCS1. The number of rotatable bonds is 1. The van der Waals surface area contributed by atoms with Gasteiger partial charge in [-0.2, -0.15) is 4.99 Å². The number of nitrogens with one attached hydrogen (secondary N) is 1. The molecule has 4 rings (SSSR count). The smallest absolute Gasteiger partial charge is 0.286 e. The summed E-state index contributed by atoms with van der Waals surface area (Å²) in [6.07, 6.45) is 2.87. The number of halogens is 1. The number of anilines is 1. The highest BCUT2D eigenvalue weighted by Gasteiger charge is 2.19. The average Bonchev–Trinajstić information content (AvgIpc) is 3.19. The number of hydrogen-bond donors (Lipinski definition) is 1. The van der Waals surface area contributed by atoms with Crippen molar-refractivity contribution in [3.05, 3.63) is 39.8 Å². The van der Waals surface area contributed by atoms with Gasteiger partial charge in [0.15, 0.2) is 0 Å². The number of carbonyl (C=O) groups is 1. The molecule has 0 fully saturated rings.